The lowest BCUT2D eigenvalue weighted by atomic mass is 10.4. The van der Waals surface area contributed by atoms with Crippen LogP contribution in [-0.2, 0) is 0 Å². The molecule has 0 N–H and O–H groups in total. The minimum atomic E-state index is -0.443. The fourth-order valence-electron chi connectivity index (χ4n) is 1.14. The van der Waals surface area contributed by atoms with Gasteiger partial charge in [-0.05, 0) is 28.1 Å². The summed E-state index contributed by atoms with van der Waals surface area (Å²) in [7, 11) is 0. The van der Waals surface area contributed by atoms with Crippen LogP contribution >= 0.6 is 27.7 Å². The molecule has 5 nitrogen and oxygen atoms in total. The Morgan fingerprint density at radius 2 is 2.06 bits per heavy atom. The van der Waals surface area contributed by atoms with Crippen LogP contribution in [0.25, 0.3) is 0 Å². The van der Waals surface area contributed by atoms with E-state index in [9.17, 15) is 10.1 Å². The van der Waals surface area contributed by atoms with E-state index in [0.717, 1.165) is 4.90 Å². The molecule has 0 bridgehead atoms. The van der Waals surface area contributed by atoms with Gasteiger partial charge in [-0.1, -0.05) is 11.8 Å². The lowest BCUT2D eigenvalue weighted by Gasteiger charge is -2.01. The molecule has 2 heterocycles. The molecule has 0 radical (unpaired) electrons. The highest BCUT2D eigenvalue weighted by atomic mass is 79.9. The summed E-state index contributed by atoms with van der Waals surface area (Å²) in [6, 6.07) is 4.99. The Morgan fingerprint density at radius 1 is 1.35 bits per heavy atom. The number of hydrogen-bond donors (Lipinski definition) is 0. The maximum Gasteiger partial charge on any atom is 0.302 e. The Morgan fingerprint density at radius 3 is 2.71 bits per heavy atom. The van der Waals surface area contributed by atoms with Crippen LogP contribution in [0.5, 0.6) is 0 Å². The van der Waals surface area contributed by atoms with Gasteiger partial charge in [0.2, 0.25) is 0 Å². The number of hydrogen-bond acceptors (Lipinski definition) is 5. The first kappa shape index (κ1) is 12.0. The SMILES string of the molecule is O=[N+]([O-])c1cc(Br)cnc1Sc1ccncc1. The molecule has 0 aliphatic heterocycles. The van der Waals surface area contributed by atoms with E-state index < -0.39 is 4.92 Å². The van der Waals surface area contributed by atoms with Gasteiger partial charge in [0, 0.05) is 34.0 Å². The van der Waals surface area contributed by atoms with Gasteiger partial charge in [-0.25, -0.2) is 4.98 Å². The van der Waals surface area contributed by atoms with E-state index in [1.807, 2.05) is 0 Å². The summed E-state index contributed by atoms with van der Waals surface area (Å²) in [4.78, 5) is 19.2. The van der Waals surface area contributed by atoms with Crippen LogP contribution in [0.4, 0.5) is 5.69 Å². The summed E-state index contributed by atoms with van der Waals surface area (Å²) >= 11 is 4.40. The Bertz CT molecular complexity index is 551. The van der Waals surface area contributed by atoms with Crippen LogP contribution in [0.1, 0.15) is 0 Å². The predicted octanol–water partition coefficient (Wildman–Crippen LogP) is 3.30. The van der Waals surface area contributed by atoms with E-state index in [2.05, 4.69) is 25.9 Å². The van der Waals surface area contributed by atoms with Crippen LogP contribution in [0, 0.1) is 10.1 Å². The summed E-state index contributed by atoms with van der Waals surface area (Å²) in [5.41, 5.74) is -0.0128. The fraction of sp³-hybridized carbons (Fsp3) is 0. The summed E-state index contributed by atoms with van der Waals surface area (Å²) in [6.45, 7) is 0. The highest BCUT2D eigenvalue weighted by Crippen LogP contribution is 2.33. The zero-order valence-electron chi connectivity index (χ0n) is 8.41. The van der Waals surface area contributed by atoms with Crippen molar-refractivity contribution in [3.63, 3.8) is 0 Å². The van der Waals surface area contributed by atoms with Crippen molar-refractivity contribution in [1.29, 1.82) is 0 Å². The first-order valence-electron chi connectivity index (χ1n) is 4.54. The molecule has 0 aromatic carbocycles. The summed E-state index contributed by atoms with van der Waals surface area (Å²) < 4.78 is 0.586. The van der Waals surface area contributed by atoms with E-state index in [4.69, 9.17) is 0 Å². The Labute approximate surface area is 110 Å². The number of pyridine rings is 2. The second-order valence-electron chi connectivity index (χ2n) is 3.02. The maximum atomic E-state index is 10.9. The Balaban J connectivity index is 2.36. The van der Waals surface area contributed by atoms with Gasteiger partial charge in [0.15, 0.2) is 5.03 Å². The molecule has 0 atom stereocenters. The van der Waals surface area contributed by atoms with Crippen LogP contribution in [0.15, 0.2) is 51.2 Å². The van der Waals surface area contributed by atoms with E-state index in [1.165, 1.54) is 24.0 Å². The lowest BCUT2D eigenvalue weighted by Crippen LogP contribution is -1.93. The molecule has 0 amide bonds. The molecule has 0 saturated heterocycles. The molecule has 0 spiro atoms. The zero-order valence-corrected chi connectivity index (χ0v) is 10.8. The molecule has 2 aromatic heterocycles. The van der Waals surface area contributed by atoms with Gasteiger partial charge in [0.25, 0.3) is 0 Å². The molecule has 0 fully saturated rings. The number of rotatable bonds is 3. The maximum absolute atomic E-state index is 10.9. The van der Waals surface area contributed by atoms with E-state index >= 15 is 0 Å². The normalized spacial score (nSPS) is 10.2. The predicted molar refractivity (Wildman–Crippen MR) is 67.0 cm³/mol. The second kappa shape index (κ2) is 5.24. The average molecular weight is 312 g/mol. The van der Waals surface area contributed by atoms with Crippen molar-refractivity contribution >= 4 is 33.4 Å². The molecule has 0 unspecified atom stereocenters. The second-order valence-corrected chi connectivity index (χ2v) is 5.00. The van der Waals surface area contributed by atoms with Crippen molar-refractivity contribution in [3.8, 4) is 0 Å². The van der Waals surface area contributed by atoms with Gasteiger partial charge in [0.05, 0.1) is 4.92 Å². The standard InChI is InChI=1S/C10H6BrN3O2S/c11-7-5-9(14(15)16)10(13-6-7)17-8-1-3-12-4-2-8/h1-6H. The summed E-state index contributed by atoms with van der Waals surface area (Å²) in [5, 5.41) is 11.2. The first-order valence-corrected chi connectivity index (χ1v) is 6.15. The third kappa shape index (κ3) is 3.01. The Kier molecular flexibility index (Phi) is 3.70. The van der Waals surface area contributed by atoms with Gasteiger partial charge in [0.1, 0.15) is 0 Å². The molecular formula is C10H6BrN3O2S. The smallest absolute Gasteiger partial charge is 0.265 e. The molecule has 0 aliphatic carbocycles. The first-order chi connectivity index (χ1) is 8.16. The number of nitro groups is 1. The molecule has 86 valence electrons. The summed E-state index contributed by atoms with van der Waals surface area (Å²) in [5.74, 6) is 0. The van der Waals surface area contributed by atoms with Gasteiger partial charge in [-0.15, -0.1) is 0 Å². The number of halogens is 1. The molecule has 17 heavy (non-hydrogen) atoms. The van der Waals surface area contributed by atoms with Gasteiger partial charge in [-0.2, -0.15) is 0 Å². The molecule has 2 rings (SSSR count). The van der Waals surface area contributed by atoms with Crippen molar-refractivity contribution in [3.05, 3.63) is 51.4 Å². The monoisotopic (exact) mass is 311 g/mol. The largest absolute Gasteiger partial charge is 0.302 e. The van der Waals surface area contributed by atoms with Crippen LogP contribution in [0.3, 0.4) is 0 Å². The Hall–Kier alpha value is -1.47. The van der Waals surface area contributed by atoms with E-state index in [-0.39, 0.29) is 5.69 Å². The van der Waals surface area contributed by atoms with Crippen LogP contribution in [-0.4, -0.2) is 14.9 Å². The summed E-state index contributed by atoms with van der Waals surface area (Å²) in [6.07, 6.45) is 4.80. The van der Waals surface area contributed by atoms with E-state index in [0.29, 0.717) is 9.50 Å². The average Bonchev–Trinajstić information content (AvgIpc) is 2.32. The van der Waals surface area contributed by atoms with Crippen molar-refractivity contribution < 1.29 is 4.92 Å². The number of aromatic nitrogens is 2. The lowest BCUT2D eigenvalue weighted by molar-refractivity contribution is -0.388. The quantitative estimate of drug-likeness (QED) is 0.642. The van der Waals surface area contributed by atoms with Gasteiger partial charge >= 0.3 is 5.69 Å². The molecule has 2 aromatic rings. The minimum Gasteiger partial charge on any atom is -0.265 e. The third-order valence-electron chi connectivity index (χ3n) is 1.86. The molecule has 7 heteroatoms. The highest BCUT2D eigenvalue weighted by molar-refractivity contribution is 9.10. The third-order valence-corrected chi connectivity index (χ3v) is 3.31. The number of nitrogens with zero attached hydrogens (tertiary/aromatic N) is 3. The minimum absolute atomic E-state index is 0.0128. The van der Waals surface area contributed by atoms with Crippen LogP contribution in [0.2, 0.25) is 0 Å². The van der Waals surface area contributed by atoms with Crippen molar-refractivity contribution in [2.75, 3.05) is 0 Å². The highest BCUT2D eigenvalue weighted by Gasteiger charge is 2.16. The van der Waals surface area contributed by atoms with Crippen molar-refractivity contribution in [1.82, 2.24) is 9.97 Å². The van der Waals surface area contributed by atoms with Crippen LogP contribution < -0.4 is 0 Å². The zero-order chi connectivity index (χ0) is 12.3. The van der Waals surface area contributed by atoms with Crippen molar-refractivity contribution in [2.45, 2.75) is 9.92 Å². The molecule has 0 saturated carbocycles. The molecule has 0 aliphatic rings. The molecular weight excluding hydrogens is 306 g/mol. The topological polar surface area (TPSA) is 68.9 Å². The van der Waals surface area contributed by atoms with E-state index in [1.54, 1.807) is 24.5 Å². The fourth-order valence-corrected chi connectivity index (χ4v) is 2.29. The van der Waals surface area contributed by atoms with Gasteiger partial charge in [-0.3, -0.25) is 15.1 Å². The van der Waals surface area contributed by atoms with Crippen molar-refractivity contribution in [2.24, 2.45) is 0 Å². The van der Waals surface area contributed by atoms with Gasteiger partial charge < -0.3 is 0 Å².